The fraction of sp³-hybridized carbons (Fsp3) is 0.500. The van der Waals surface area contributed by atoms with Crippen molar-refractivity contribution in [1.82, 2.24) is 4.98 Å². The molecule has 72 valence electrons. The molecule has 0 aromatic carbocycles. The van der Waals surface area contributed by atoms with E-state index in [0.29, 0.717) is 6.04 Å². The molecule has 0 amide bonds. The fourth-order valence-electron chi connectivity index (χ4n) is 1.20. The molecule has 0 bridgehead atoms. The van der Waals surface area contributed by atoms with Crippen LogP contribution in [0.25, 0.3) is 0 Å². The van der Waals surface area contributed by atoms with Crippen LogP contribution < -0.4 is 10.6 Å². The van der Waals surface area contributed by atoms with Crippen LogP contribution in [0, 0.1) is 6.92 Å². The van der Waals surface area contributed by atoms with Crippen molar-refractivity contribution in [3.05, 3.63) is 17.8 Å². The summed E-state index contributed by atoms with van der Waals surface area (Å²) in [5, 5.41) is 0. The first kappa shape index (κ1) is 9.84. The molecule has 0 unspecified atom stereocenters. The van der Waals surface area contributed by atoms with Gasteiger partial charge >= 0.3 is 0 Å². The molecule has 1 aromatic heterocycles. The predicted octanol–water partition coefficient (Wildman–Crippen LogP) is 1.82. The van der Waals surface area contributed by atoms with Crippen molar-refractivity contribution in [2.24, 2.45) is 0 Å². The Balaban J connectivity index is 3.01. The largest absolute Gasteiger partial charge is 0.397 e. The van der Waals surface area contributed by atoms with Gasteiger partial charge in [-0.3, -0.25) is 0 Å². The molecule has 1 aromatic rings. The summed E-state index contributed by atoms with van der Waals surface area (Å²) in [4.78, 5) is 6.43. The normalized spacial score (nSPS) is 10.5. The minimum absolute atomic E-state index is 0.454. The molecule has 0 radical (unpaired) electrons. The second-order valence-electron chi connectivity index (χ2n) is 3.61. The van der Waals surface area contributed by atoms with E-state index >= 15 is 0 Å². The molecule has 0 atom stereocenters. The third kappa shape index (κ3) is 2.11. The van der Waals surface area contributed by atoms with Gasteiger partial charge in [-0.15, -0.1) is 0 Å². The lowest BCUT2D eigenvalue weighted by Gasteiger charge is -2.24. The molecule has 0 aliphatic carbocycles. The van der Waals surface area contributed by atoms with Crippen LogP contribution in [0.15, 0.2) is 12.3 Å². The molecule has 3 nitrogen and oxygen atoms in total. The number of nitrogens with zero attached hydrogens (tertiary/aromatic N) is 2. The van der Waals surface area contributed by atoms with E-state index in [1.54, 1.807) is 6.20 Å². The predicted molar refractivity (Wildman–Crippen MR) is 56.9 cm³/mol. The lowest BCUT2D eigenvalue weighted by molar-refractivity contribution is 0.740. The third-order valence-corrected chi connectivity index (χ3v) is 2.18. The number of aryl methyl sites for hydroxylation is 1. The maximum Gasteiger partial charge on any atom is 0.131 e. The van der Waals surface area contributed by atoms with Crippen LogP contribution in [0.3, 0.4) is 0 Å². The van der Waals surface area contributed by atoms with Crippen LogP contribution in [0.5, 0.6) is 0 Å². The monoisotopic (exact) mass is 179 g/mol. The second kappa shape index (κ2) is 3.64. The molecule has 0 aliphatic rings. The van der Waals surface area contributed by atoms with Gasteiger partial charge in [-0.25, -0.2) is 4.98 Å². The molecular formula is C10H17N3. The van der Waals surface area contributed by atoms with Gasteiger partial charge in [-0.2, -0.15) is 0 Å². The smallest absolute Gasteiger partial charge is 0.131 e. The standard InChI is InChI=1S/C10H17N3/c1-7(2)13(4)10-8(3)5-9(11)6-12-10/h5-7H,11H2,1-4H3. The van der Waals surface area contributed by atoms with Crippen LogP contribution in [-0.4, -0.2) is 18.1 Å². The molecule has 3 heteroatoms. The number of hydrogen-bond donors (Lipinski definition) is 1. The zero-order valence-corrected chi connectivity index (χ0v) is 8.70. The Kier molecular flexibility index (Phi) is 2.76. The van der Waals surface area contributed by atoms with E-state index in [2.05, 4.69) is 23.7 Å². The minimum atomic E-state index is 0.454. The molecule has 13 heavy (non-hydrogen) atoms. The summed E-state index contributed by atoms with van der Waals surface area (Å²) in [6.07, 6.45) is 1.70. The van der Waals surface area contributed by atoms with E-state index in [9.17, 15) is 0 Å². The van der Waals surface area contributed by atoms with Gasteiger partial charge in [0.2, 0.25) is 0 Å². The Hall–Kier alpha value is -1.25. The van der Waals surface area contributed by atoms with Crippen molar-refractivity contribution < 1.29 is 0 Å². The van der Waals surface area contributed by atoms with Crippen molar-refractivity contribution in [3.63, 3.8) is 0 Å². The number of hydrogen-bond acceptors (Lipinski definition) is 3. The SMILES string of the molecule is Cc1cc(N)cnc1N(C)C(C)C. The molecule has 0 saturated carbocycles. The van der Waals surface area contributed by atoms with E-state index in [1.807, 2.05) is 20.0 Å². The highest BCUT2D eigenvalue weighted by molar-refractivity contribution is 5.52. The Morgan fingerprint density at radius 2 is 2.08 bits per heavy atom. The number of nitrogen functional groups attached to an aromatic ring is 1. The Labute approximate surface area is 79.6 Å². The molecular weight excluding hydrogens is 162 g/mol. The summed E-state index contributed by atoms with van der Waals surface area (Å²) in [7, 11) is 2.04. The van der Waals surface area contributed by atoms with Crippen LogP contribution in [-0.2, 0) is 0 Å². The lowest BCUT2D eigenvalue weighted by atomic mass is 10.2. The van der Waals surface area contributed by atoms with Gasteiger partial charge in [0.15, 0.2) is 0 Å². The highest BCUT2D eigenvalue weighted by Crippen LogP contribution is 2.18. The highest BCUT2D eigenvalue weighted by Gasteiger charge is 2.08. The van der Waals surface area contributed by atoms with Crippen molar-refractivity contribution >= 4 is 11.5 Å². The van der Waals surface area contributed by atoms with Gasteiger partial charge in [-0.1, -0.05) is 0 Å². The minimum Gasteiger partial charge on any atom is -0.397 e. The maximum absolute atomic E-state index is 5.62. The van der Waals surface area contributed by atoms with E-state index in [-0.39, 0.29) is 0 Å². The maximum atomic E-state index is 5.62. The van der Waals surface area contributed by atoms with Crippen LogP contribution in [0.2, 0.25) is 0 Å². The van der Waals surface area contributed by atoms with Crippen molar-refractivity contribution in [2.75, 3.05) is 17.7 Å². The summed E-state index contributed by atoms with van der Waals surface area (Å²) in [6, 6.07) is 2.40. The van der Waals surface area contributed by atoms with E-state index < -0.39 is 0 Å². The Bertz CT molecular complexity index is 294. The number of pyridine rings is 1. The second-order valence-corrected chi connectivity index (χ2v) is 3.61. The number of aromatic nitrogens is 1. The van der Waals surface area contributed by atoms with E-state index in [4.69, 9.17) is 5.73 Å². The fourth-order valence-corrected chi connectivity index (χ4v) is 1.20. The van der Waals surface area contributed by atoms with E-state index in [1.165, 1.54) is 0 Å². The molecule has 0 aliphatic heterocycles. The molecule has 0 fully saturated rings. The van der Waals surface area contributed by atoms with Crippen molar-refractivity contribution in [1.29, 1.82) is 0 Å². The summed E-state index contributed by atoms with van der Waals surface area (Å²) in [5.41, 5.74) is 7.46. The van der Waals surface area contributed by atoms with Gasteiger partial charge in [-0.05, 0) is 32.4 Å². The van der Waals surface area contributed by atoms with E-state index in [0.717, 1.165) is 17.1 Å². The average Bonchev–Trinajstić information content (AvgIpc) is 2.03. The van der Waals surface area contributed by atoms with Crippen LogP contribution >= 0.6 is 0 Å². The quantitative estimate of drug-likeness (QED) is 0.753. The topological polar surface area (TPSA) is 42.1 Å². The van der Waals surface area contributed by atoms with Gasteiger partial charge in [0.25, 0.3) is 0 Å². The Morgan fingerprint density at radius 3 is 2.54 bits per heavy atom. The first-order chi connectivity index (χ1) is 6.02. The lowest BCUT2D eigenvalue weighted by Crippen LogP contribution is -2.27. The molecule has 0 spiro atoms. The molecule has 2 N–H and O–H groups in total. The van der Waals surface area contributed by atoms with Crippen molar-refractivity contribution in [2.45, 2.75) is 26.8 Å². The van der Waals surface area contributed by atoms with Gasteiger partial charge in [0.05, 0.1) is 11.9 Å². The van der Waals surface area contributed by atoms with Crippen LogP contribution in [0.1, 0.15) is 19.4 Å². The van der Waals surface area contributed by atoms with Crippen LogP contribution in [0.4, 0.5) is 11.5 Å². The molecule has 0 saturated heterocycles. The molecule has 1 heterocycles. The zero-order chi connectivity index (χ0) is 10.0. The zero-order valence-electron chi connectivity index (χ0n) is 8.70. The molecule has 1 rings (SSSR count). The number of nitrogens with two attached hydrogens (primary N) is 1. The first-order valence-corrected chi connectivity index (χ1v) is 4.47. The Morgan fingerprint density at radius 1 is 1.46 bits per heavy atom. The summed E-state index contributed by atoms with van der Waals surface area (Å²) in [5.74, 6) is 1.00. The number of rotatable bonds is 2. The van der Waals surface area contributed by atoms with Gasteiger partial charge in [0.1, 0.15) is 5.82 Å². The summed E-state index contributed by atoms with van der Waals surface area (Å²) < 4.78 is 0. The first-order valence-electron chi connectivity index (χ1n) is 4.47. The third-order valence-electron chi connectivity index (χ3n) is 2.18. The van der Waals surface area contributed by atoms with Gasteiger partial charge in [0, 0.05) is 13.1 Å². The summed E-state index contributed by atoms with van der Waals surface area (Å²) in [6.45, 7) is 6.30. The van der Waals surface area contributed by atoms with Crippen molar-refractivity contribution in [3.8, 4) is 0 Å². The average molecular weight is 179 g/mol. The highest BCUT2D eigenvalue weighted by atomic mass is 15.2. The van der Waals surface area contributed by atoms with Gasteiger partial charge < -0.3 is 10.6 Å². The summed E-state index contributed by atoms with van der Waals surface area (Å²) >= 11 is 0. The number of anilines is 2.